The van der Waals surface area contributed by atoms with E-state index in [1.54, 1.807) is 0 Å². The third-order valence-corrected chi connectivity index (χ3v) is 2.48. The highest BCUT2D eigenvalue weighted by atomic mass is 35.5. The second-order valence-corrected chi connectivity index (χ2v) is 3.83. The number of hydrogen-bond acceptors (Lipinski definition) is 2. The molecule has 0 aliphatic rings. The molecule has 2 rings (SSSR count). The summed E-state index contributed by atoms with van der Waals surface area (Å²) in [4.78, 5) is 0. The summed E-state index contributed by atoms with van der Waals surface area (Å²) in [7, 11) is 0. The van der Waals surface area contributed by atoms with Gasteiger partial charge in [0, 0.05) is 12.2 Å². The van der Waals surface area contributed by atoms with Gasteiger partial charge in [0.05, 0.1) is 0 Å². The van der Waals surface area contributed by atoms with Gasteiger partial charge in [-0.1, -0.05) is 30.3 Å². The Balaban J connectivity index is 0.00000162. The maximum Gasteiger partial charge on any atom is 0.119 e. The lowest BCUT2D eigenvalue weighted by atomic mass is 10.2. The van der Waals surface area contributed by atoms with Crippen LogP contribution in [-0.4, -0.2) is 6.54 Å². The quantitative estimate of drug-likeness (QED) is 0.876. The molecule has 0 heterocycles. The zero-order valence-electron chi connectivity index (χ0n) is 10.4. The molecule has 3 heteroatoms. The Bertz CT molecular complexity index is 442. The SMILES string of the molecule is CCNc1ccc(OCc2ccccc2)cc1.Cl. The van der Waals surface area contributed by atoms with Crippen LogP contribution in [0.25, 0.3) is 0 Å². The average Bonchev–Trinajstić information content (AvgIpc) is 2.40. The number of nitrogens with one attached hydrogen (secondary N) is 1. The normalized spacial score (nSPS) is 9.39. The Morgan fingerprint density at radius 1 is 0.944 bits per heavy atom. The summed E-state index contributed by atoms with van der Waals surface area (Å²) in [5.74, 6) is 0.899. The zero-order valence-corrected chi connectivity index (χ0v) is 11.2. The summed E-state index contributed by atoms with van der Waals surface area (Å²) in [6.07, 6.45) is 0. The van der Waals surface area contributed by atoms with E-state index in [2.05, 4.69) is 24.4 Å². The van der Waals surface area contributed by atoms with Crippen molar-refractivity contribution in [1.29, 1.82) is 0 Å². The lowest BCUT2D eigenvalue weighted by Gasteiger charge is -2.07. The van der Waals surface area contributed by atoms with Crippen LogP contribution in [0.5, 0.6) is 5.75 Å². The van der Waals surface area contributed by atoms with Gasteiger partial charge in [0.1, 0.15) is 12.4 Å². The van der Waals surface area contributed by atoms with Gasteiger partial charge in [0.2, 0.25) is 0 Å². The average molecular weight is 264 g/mol. The van der Waals surface area contributed by atoms with Gasteiger partial charge in [-0.3, -0.25) is 0 Å². The van der Waals surface area contributed by atoms with E-state index in [1.165, 1.54) is 5.56 Å². The van der Waals surface area contributed by atoms with Gasteiger partial charge in [-0.15, -0.1) is 12.4 Å². The highest BCUT2D eigenvalue weighted by molar-refractivity contribution is 5.85. The van der Waals surface area contributed by atoms with Crippen molar-refractivity contribution in [2.45, 2.75) is 13.5 Å². The molecular weight excluding hydrogens is 246 g/mol. The van der Waals surface area contributed by atoms with E-state index >= 15 is 0 Å². The topological polar surface area (TPSA) is 21.3 Å². The first-order valence-electron chi connectivity index (χ1n) is 5.89. The Labute approximate surface area is 114 Å². The van der Waals surface area contributed by atoms with Crippen LogP contribution in [0.1, 0.15) is 12.5 Å². The van der Waals surface area contributed by atoms with Crippen LogP contribution >= 0.6 is 12.4 Å². The molecule has 0 fully saturated rings. The summed E-state index contributed by atoms with van der Waals surface area (Å²) in [5, 5.41) is 3.25. The minimum absolute atomic E-state index is 0. The predicted octanol–water partition coefficient (Wildman–Crippen LogP) is 4.12. The molecule has 0 unspecified atom stereocenters. The number of rotatable bonds is 5. The molecular formula is C15H18ClNO. The summed E-state index contributed by atoms with van der Waals surface area (Å²) in [6.45, 7) is 3.63. The molecule has 0 saturated heterocycles. The number of anilines is 1. The van der Waals surface area contributed by atoms with Crippen LogP contribution in [0.15, 0.2) is 54.6 Å². The Morgan fingerprint density at radius 3 is 2.22 bits per heavy atom. The van der Waals surface area contributed by atoms with Crippen molar-refractivity contribution in [1.82, 2.24) is 0 Å². The van der Waals surface area contributed by atoms with Gasteiger partial charge in [-0.05, 0) is 36.8 Å². The van der Waals surface area contributed by atoms with E-state index < -0.39 is 0 Å². The minimum Gasteiger partial charge on any atom is -0.489 e. The molecule has 0 spiro atoms. The Hall–Kier alpha value is -1.67. The molecule has 0 amide bonds. The van der Waals surface area contributed by atoms with E-state index in [0.29, 0.717) is 6.61 Å². The van der Waals surface area contributed by atoms with Crippen LogP contribution < -0.4 is 10.1 Å². The summed E-state index contributed by atoms with van der Waals surface area (Å²) in [6, 6.07) is 18.2. The van der Waals surface area contributed by atoms with E-state index in [-0.39, 0.29) is 12.4 Å². The van der Waals surface area contributed by atoms with E-state index in [1.807, 2.05) is 42.5 Å². The number of ether oxygens (including phenoxy) is 1. The van der Waals surface area contributed by atoms with Crippen molar-refractivity contribution in [3.63, 3.8) is 0 Å². The van der Waals surface area contributed by atoms with Gasteiger partial charge in [0.25, 0.3) is 0 Å². The molecule has 0 bridgehead atoms. The van der Waals surface area contributed by atoms with E-state index in [0.717, 1.165) is 18.0 Å². The van der Waals surface area contributed by atoms with Crippen molar-refractivity contribution >= 4 is 18.1 Å². The van der Waals surface area contributed by atoms with Crippen LogP contribution in [0, 0.1) is 0 Å². The molecule has 0 atom stereocenters. The van der Waals surface area contributed by atoms with Gasteiger partial charge in [-0.25, -0.2) is 0 Å². The van der Waals surface area contributed by atoms with Crippen LogP contribution in [0.2, 0.25) is 0 Å². The van der Waals surface area contributed by atoms with Crippen LogP contribution in [0.3, 0.4) is 0 Å². The maximum absolute atomic E-state index is 5.70. The van der Waals surface area contributed by atoms with Gasteiger partial charge < -0.3 is 10.1 Å². The highest BCUT2D eigenvalue weighted by Gasteiger charge is 1.95. The van der Waals surface area contributed by atoms with Crippen molar-refractivity contribution in [3.05, 3.63) is 60.2 Å². The molecule has 18 heavy (non-hydrogen) atoms. The lowest BCUT2D eigenvalue weighted by molar-refractivity contribution is 0.306. The monoisotopic (exact) mass is 263 g/mol. The third-order valence-electron chi connectivity index (χ3n) is 2.48. The lowest BCUT2D eigenvalue weighted by Crippen LogP contribution is -1.97. The minimum atomic E-state index is 0. The number of benzene rings is 2. The fourth-order valence-electron chi connectivity index (χ4n) is 1.61. The molecule has 2 aromatic rings. The molecule has 0 saturated carbocycles. The molecule has 0 aromatic heterocycles. The molecule has 0 aliphatic heterocycles. The number of halogens is 1. The van der Waals surface area contributed by atoms with Crippen molar-refractivity contribution < 1.29 is 4.74 Å². The molecule has 0 aliphatic carbocycles. The Morgan fingerprint density at radius 2 is 1.61 bits per heavy atom. The largest absolute Gasteiger partial charge is 0.489 e. The van der Waals surface area contributed by atoms with Crippen molar-refractivity contribution in [3.8, 4) is 5.75 Å². The molecule has 2 aromatic carbocycles. The Kier molecular flexibility index (Phi) is 6.09. The summed E-state index contributed by atoms with van der Waals surface area (Å²) in [5.41, 5.74) is 2.31. The smallest absolute Gasteiger partial charge is 0.119 e. The molecule has 0 radical (unpaired) electrons. The van der Waals surface area contributed by atoms with Gasteiger partial charge >= 0.3 is 0 Å². The first-order chi connectivity index (χ1) is 8.38. The van der Waals surface area contributed by atoms with Crippen molar-refractivity contribution in [2.75, 3.05) is 11.9 Å². The van der Waals surface area contributed by atoms with Crippen molar-refractivity contribution in [2.24, 2.45) is 0 Å². The van der Waals surface area contributed by atoms with Crippen LogP contribution in [-0.2, 0) is 6.61 Å². The standard InChI is InChI=1S/C15H17NO.ClH/c1-2-16-14-8-10-15(11-9-14)17-12-13-6-4-3-5-7-13;/h3-11,16H,2,12H2,1H3;1H. The first-order valence-corrected chi connectivity index (χ1v) is 5.89. The first kappa shape index (κ1) is 14.4. The summed E-state index contributed by atoms with van der Waals surface area (Å²) < 4.78 is 5.70. The highest BCUT2D eigenvalue weighted by Crippen LogP contribution is 2.16. The predicted molar refractivity (Wildman–Crippen MR) is 78.6 cm³/mol. The zero-order chi connectivity index (χ0) is 11.9. The van der Waals surface area contributed by atoms with Crippen LogP contribution in [0.4, 0.5) is 5.69 Å². The third kappa shape index (κ3) is 4.30. The maximum atomic E-state index is 5.70. The molecule has 96 valence electrons. The van der Waals surface area contributed by atoms with Gasteiger partial charge in [0.15, 0.2) is 0 Å². The van der Waals surface area contributed by atoms with E-state index in [9.17, 15) is 0 Å². The molecule has 1 N–H and O–H groups in total. The van der Waals surface area contributed by atoms with E-state index in [4.69, 9.17) is 4.74 Å². The number of hydrogen-bond donors (Lipinski definition) is 1. The fourth-order valence-corrected chi connectivity index (χ4v) is 1.61. The van der Waals surface area contributed by atoms with Gasteiger partial charge in [-0.2, -0.15) is 0 Å². The fraction of sp³-hybridized carbons (Fsp3) is 0.200. The second-order valence-electron chi connectivity index (χ2n) is 3.83. The summed E-state index contributed by atoms with van der Waals surface area (Å²) >= 11 is 0. The second kappa shape index (κ2) is 7.62. The molecule has 2 nitrogen and oxygen atoms in total.